The fraction of sp³-hybridized carbons (Fsp3) is 0.710. The van der Waals surface area contributed by atoms with E-state index in [0.29, 0.717) is 49.4 Å². The molecule has 0 radical (unpaired) electrons. The van der Waals surface area contributed by atoms with Crippen LogP contribution >= 0.6 is 0 Å². The molecular formula is C31H46N6O5. The summed E-state index contributed by atoms with van der Waals surface area (Å²) in [6, 6.07) is 2.06. The number of aryl methyl sites for hydroxylation is 1. The Kier molecular flexibility index (Phi) is 8.78. The van der Waals surface area contributed by atoms with Gasteiger partial charge in [0.15, 0.2) is 11.5 Å². The number of likely N-dealkylation sites (tertiary alicyclic amines) is 1. The van der Waals surface area contributed by atoms with Crippen molar-refractivity contribution in [2.75, 3.05) is 32.1 Å². The van der Waals surface area contributed by atoms with Crippen molar-refractivity contribution in [3.8, 4) is 0 Å². The molecule has 2 aromatic rings. The number of pyridine rings is 1. The molecule has 2 aliphatic carbocycles. The normalized spacial score (nSPS) is 24.3. The van der Waals surface area contributed by atoms with Gasteiger partial charge in [0.25, 0.3) is 5.91 Å². The van der Waals surface area contributed by atoms with Gasteiger partial charge in [0.2, 0.25) is 5.89 Å². The summed E-state index contributed by atoms with van der Waals surface area (Å²) < 4.78 is 16.5. The number of carbonyl (C=O) groups excluding carboxylic acids is 2. The predicted molar refractivity (Wildman–Crippen MR) is 158 cm³/mol. The van der Waals surface area contributed by atoms with Gasteiger partial charge >= 0.3 is 6.09 Å². The highest BCUT2D eigenvalue weighted by molar-refractivity contribution is 5.98. The van der Waals surface area contributed by atoms with Crippen LogP contribution in [0, 0.1) is 12.8 Å². The Bertz CT molecular complexity index is 1260. The van der Waals surface area contributed by atoms with Gasteiger partial charge in [-0.2, -0.15) is 4.98 Å². The van der Waals surface area contributed by atoms with E-state index in [-0.39, 0.29) is 35.9 Å². The first kappa shape index (κ1) is 30.3. The maximum Gasteiger partial charge on any atom is 0.410 e. The van der Waals surface area contributed by atoms with Crippen LogP contribution in [-0.4, -0.2) is 87.5 Å². The van der Waals surface area contributed by atoms with Gasteiger partial charge < -0.3 is 29.1 Å². The number of nitrogens with one attached hydrogen (secondary N) is 1. The van der Waals surface area contributed by atoms with E-state index in [1.807, 2.05) is 31.9 Å². The Balaban J connectivity index is 1.45. The fourth-order valence-electron chi connectivity index (χ4n) is 5.87. The molecule has 2 amide bonds. The molecule has 11 nitrogen and oxygen atoms in total. The van der Waals surface area contributed by atoms with E-state index >= 15 is 0 Å². The zero-order chi connectivity index (χ0) is 30.2. The van der Waals surface area contributed by atoms with Crippen molar-refractivity contribution in [2.24, 2.45) is 5.92 Å². The van der Waals surface area contributed by atoms with Crippen LogP contribution in [0.5, 0.6) is 0 Å². The van der Waals surface area contributed by atoms with Crippen LogP contribution in [0.3, 0.4) is 0 Å². The summed E-state index contributed by atoms with van der Waals surface area (Å²) in [5, 5.41) is 7.78. The molecule has 2 aromatic heterocycles. The van der Waals surface area contributed by atoms with Gasteiger partial charge in [-0.3, -0.25) is 4.79 Å². The largest absolute Gasteiger partial charge is 0.444 e. The Morgan fingerprint density at radius 1 is 1.17 bits per heavy atom. The molecule has 0 bridgehead atoms. The molecule has 2 atom stereocenters. The van der Waals surface area contributed by atoms with E-state index in [2.05, 4.69) is 35.4 Å². The summed E-state index contributed by atoms with van der Waals surface area (Å²) in [4.78, 5) is 40.6. The van der Waals surface area contributed by atoms with Crippen molar-refractivity contribution in [1.82, 2.24) is 24.9 Å². The van der Waals surface area contributed by atoms with E-state index in [0.717, 1.165) is 31.4 Å². The summed E-state index contributed by atoms with van der Waals surface area (Å²) >= 11 is 0. The van der Waals surface area contributed by atoms with Crippen LogP contribution < -0.4 is 5.32 Å². The number of rotatable bonds is 9. The molecule has 42 heavy (non-hydrogen) atoms. The Hall–Kier alpha value is -3.21. The van der Waals surface area contributed by atoms with Gasteiger partial charge in [-0.15, -0.1) is 0 Å². The summed E-state index contributed by atoms with van der Waals surface area (Å²) in [5.74, 6) is 1.37. The second-order valence-electron chi connectivity index (χ2n) is 13.6. The van der Waals surface area contributed by atoms with Crippen molar-refractivity contribution < 1.29 is 23.6 Å². The Morgan fingerprint density at radius 2 is 1.90 bits per heavy atom. The summed E-state index contributed by atoms with van der Waals surface area (Å²) in [5.41, 5.74) is 1.73. The Labute approximate surface area is 248 Å². The topological polar surface area (TPSA) is 123 Å². The summed E-state index contributed by atoms with van der Waals surface area (Å²) in [6.45, 7) is 12.7. The van der Waals surface area contributed by atoms with Gasteiger partial charge in [0.05, 0.1) is 17.8 Å². The number of methoxy groups -OCH3 is 1. The zero-order valence-corrected chi connectivity index (χ0v) is 26.1. The quantitative estimate of drug-likeness (QED) is 0.429. The third kappa shape index (κ3) is 7.22. The highest BCUT2D eigenvalue weighted by Crippen LogP contribution is 2.41. The smallest absolute Gasteiger partial charge is 0.410 e. The number of aromatic nitrogens is 3. The lowest BCUT2D eigenvalue weighted by molar-refractivity contribution is 0.00585. The standard InChI is InChI=1S/C31H46N6O5/c1-18(2)15-37(24-10-22(28-33-19(3)42-35-28)16-36(17-24)30(39)41-31(4,5)6)29(38)27-26(34-23-12-25(13-23)40-7)11-21(14-32-27)20-8-9-20/h11,14,18,20,22-25,34H,8-10,12-13,15-17H2,1-7H3/t22-,23?,24+,25?/m1/s1. The molecule has 1 saturated heterocycles. The lowest BCUT2D eigenvalue weighted by Crippen LogP contribution is -2.55. The van der Waals surface area contributed by atoms with Crippen LogP contribution in [0.2, 0.25) is 0 Å². The average molecular weight is 583 g/mol. The molecule has 5 rings (SSSR count). The van der Waals surface area contributed by atoms with E-state index < -0.39 is 11.7 Å². The van der Waals surface area contributed by atoms with Crippen LogP contribution in [0.25, 0.3) is 0 Å². The van der Waals surface area contributed by atoms with Gasteiger partial charge in [0.1, 0.15) is 5.60 Å². The average Bonchev–Trinajstić information content (AvgIpc) is 3.67. The van der Waals surface area contributed by atoms with Crippen molar-refractivity contribution in [3.63, 3.8) is 0 Å². The van der Waals surface area contributed by atoms with Crippen molar-refractivity contribution in [2.45, 2.75) is 109 Å². The first-order valence-electron chi connectivity index (χ1n) is 15.3. The fourth-order valence-corrected chi connectivity index (χ4v) is 5.87. The summed E-state index contributed by atoms with van der Waals surface area (Å²) in [7, 11) is 1.74. The van der Waals surface area contributed by atoms with Crippen LogP contribution in [0.4, 0.5) is 10.5 Å². The minimum atomic E-state index is -0.646. The molecule has 3 heterocycles. The number of hydrogen-bond acceptors (Lipinski definition) is 9. The second kappa shape index (κ2) is 12.2. The number of carbonyl (C=O) groups is 2. The molecule has 0 unspecified atom stereocenters. The molecule has 3 fully saturated rings. The molecule has 0 spiro atoms. The molecule has 0 aromatic carbocycles. The summed E-state index contributed by atoms with van der Waals surface area (Å²) in [6.07, 6.45) is 6.38. The predicted octanol–water partition coefficient (Wildman–Crippen LogP) is 5.13. The van der Waals surface area contributed by atoms with E-state index in [9.17, 15) is 9.59 Å². The monoisotopic (exact) mass is 582 g/mol. The van der Waals surface area contributed by atoms with Gasteiger partial charge in [0, 0.05) is 51.8 Å². The van der Waals surface area contributed by atoms with Crippen LogP contribution in [0.15, 0.2) is 16.8 Å². The molecule has 230 valence electrons. The van der Waals surface area contributed by atoms with Gasteiger partial charge in [-0.1, -0.05) is 19.0 Å². The zero-order valence-electron chi connectivity index (χ0n) is 26.1. The third-order valence-corrected chi connectivity index (χ3v) is 8.20. The number of nitrogens with zero attached hydrogens (tertiary/aromatic N) is 5. The van der Waals surface area contributed by atoms with Crippen molar-refractivity contribution >= 4 is 17.7 Å². The molecule has 1 N–H and O–H groups in total. The Morgan fingerprint density at radius 3 is 2.50 bits per heavy atom. The maximum absolute atomic E-state index is 14.5. The molecule has 3 aliphatic rings. The minimum absolute atomic E-state index is 0.143. The highest BCUT2D eigenvalue weighted by Gasteiger charge is 2.40. The van der Waals surface area contributed by atoms with Crippen molar-refractivity contribution in [3.05, 3.63) is 35.2 Å². The van der Waals surface area contributed by atoms with Crippen LogP contribution in [0.1, 0.15) is 106 Å². The number of amides is 2. The first-order valence-corrected chi connectivity index (χ1v) is 15.3. The number of hydrogen-bond donors (Lipinski definition) is 1. The molecule has 11 heteroatoms. The molecular weight excluding hydrogens is 536 g/mol. The SMILES string of the molecule is COC1CC(Nc2cc(C3CC3)cnc2C(=O)N(CC(C)C)[C@H]2C[C@@H](c3noc(C)n3)CN(C(=O)OC(C)(C)C)C2)C1. The van der Waals surface area contributed by atoms with Gasteiger partial charge in [-0.05, 0) is 76.3 Å². The second-order valence-corrected chi connectivity index (χ2v) is 13.6. The highest BCUT2D eigenvalue weighted by atomic mass is 16.6. The number of anilines is 1. The maximum atomic E-state index is 14.5. The van der Waals surface area contributed by atoms with E-state index in [1.165, 1.54) is 5.56 Å². The molecule has 2 saturated carbocycles. The third-order valence-electron chi connectivity index (χ3n) is 8.20. The molecule has 1 aliphatic heterocycles. The first-order chi connectivity index (χ1) is 19.9. The minimum Gasteiger partial charge on any atom is -0.444 e. The number of ether oxygens (including phenoxy) is 2. The van der Waals surface area contributed by atoms with Crippen molar-refractivity contribution in [1.29, 1.82) is 0 Å². The van der Waals surface area contributed by atoms with E-state index in [1.54, 1.807) is 18.9 Å². The van der Waals surface area contributed by atoms with Crippen LogP contribution in [-0.2, 0) is 9.47 Å². The van der Waals surface area contributed by atoms with Gasteiger partial charge in [-0.25, -0.2) is 9.78 Å². The number of piperidine rings is 1. The lowest BCUT2D eigenvalue weighted by Gasteiger charge is -2.43. The van der Waals surface area contributed by atoms with E-state index in [4.69, 9.17) is 19.0 Å². The lowest BCUT2D eigenvalue weighted by atomic mass is 9.89.